The number of carbonyl (C=O) groups excluding carboxylic acids is 1. The zero-order chi connectivity index (χ0) is 13.5. The fourth-order valence-corrected chi connectivity index (χ4v) is 1.68. The summed E-state index contributed by atoms with van der Waals surface area (Å²) in [6.07, 6.45) is 0.0341. The van der Waals surface area contributed by atoms with E-state index in [2.05, 4.69) is 5.32 Å². The highest BCUT2D eigenvalue weighted by Crippen LogP contribution is 2.11. The summed E-state index contributed by atoms with van der Waals surface area (Å²) in [5, 5.41) is 20.4. The molecule has 0 fully saturated rings. The first-order valence-corrected chi connectivity index (χ1v) is 5.78. The number of aliphatic carboxylic acids is 1. The van der Waals surface area contributed by atoms with E-state index in [4.69, 9.17) is 21.8 Å². The number of hydrogen-bond donors (Lipinski definition) is 3. The number of rotatable bonds is 6. The quantitative estimate of drug-likeness (QED) is 0.715. The second-order valence-corrected chi connectivity index (χ2v) is 4.21. The number of hydrogen-bond acceptors (Lipinski definition) is 3. The third-order valence-corrected chi connectivity index (χ3v) is 2.54. The summed E-state index contributed by atoms with van der Waals surface area (Å²) in [6.45, 7) is -0.297. The van der Waals surface area contributed by atoms with Crippen LogP contribution in [0.5, 0.6) is 0 Å². The van der Waals surface area contributed by atoms with E-state index in [1.54, 1.807) is 24.3 Å². The fraction of sp³-hybridized carbons (Fsp3) is 0.333. The monoisotopic (exact) mass is 271 g/mol. The minimum atomic E-state index is -1.16. The van der Waals surface area contributed by atoms with Crippen LogP contribution in [-0.4, -0.2) is 34.7 Å². The van der Waals surface area contributed by atoms with E-state index in [9.17, 15) is 9.59 Å². The van der Waals surface area contributed by atoms with Crippen LogP contribution >= 0.6 is 11.6 Å². The molecule has 0 aliphatic rings. The summed E-state index contributed by atoms with van der Waals surface area (Å²) in [6, 6.07) is 5.71. The normalized spacial score (nSPS) is 11.9. The molecule has 1 atom stereocenters. The molecular formula is C12H14ClNO4. The number of nitrogens with one attached hydrogen (secondary N) is 1. The van der Waals surface area contributed by atoms with E-state index in [-0.39, 0.29) is 19.4 Å². The van der Waals surface area contributed by atoms with E-state index in [0.717, 1.165) is 0 Å². The minimum Gasteiger partial charge on any atom is -0.480 e. The van der Waals surface area contributed by atoms with E-state index < -0.39 is 17.9 Å². The first-order chi connectivity index (χ1) is 8.52. The number of aliphatic hydroxyl groups is 1. The Morgan fingerprint density at radius 3 is 2.67 bits per heavy atom. The average molecular weight is 272 g/mol. The summed E-state index contributed by atoms with van der Waals surface area (Å²) in [4.78, 5) is 22.4. The summed E-state index contributed by atoms with van der Waals surface area (Å²) >= 11 is 5.78. The molecule has 6 heteroatoms. The van der Waals surface area contributed by atoms with Crippen molar-refractivity contribution in [1.29, 1.82) is 0 Å². The van der Waals surface area contributed by atoms with Crippen LogP contribution in [-0.2, 0) is 16.0 Å². The van der Waals surface area contributed by atoms with E-state index in [1.165, 1.54) is 0 Å². The van der Waals surface area contributed by atoms with Crippen LogP contribution in [0.2, 0.25) is 5.02 Å². The molecule has 1 aromatic carbocycles. The third-order valence-electron chi connectivity index (χ3n) is 2.30. The first-order valence-electron chi connectivity index (χ1n) is 5.40. The number of carboxylic acid groups (broad SMARTS) is 1. The highest BCUT2D eigenvalue weighted by molar-refractivity contribution is 6.30. The van der Waals surface area contributed by atoms with Gasteiger partial charge in [0.1, 0.15) is 6.04 Å². The maximum Gasteiger partial charge on any atom is 0.326 e. The lowest BCUT2D eigenvalue weighted by molar-refractivity contribution is -0.142. The van der Waals surface area contributed by atoms with Gasteiger partial charge in [0.25, 0.3) is 0 Å². The molecule has 0 unspecified atom stereocenters. The number of halogens is 1. The molecule has 3 N–H and O–H groups in total. The SMILES string of the molecule is O=C(Cc1cccc(Cl)c1)N[C@@H](CCO)C(=O)O. The molecule has 0 aromatic heterocycles. The predicted molar refractivity (Wildman–Crippen MR) is 66.4 cm³/mol. The summed E-state index contributed by atoms with van der Waals surface area (Å²) in [5.41, 5.74) is 0.702. The van der Waals surface area contributed by atoms with Crippen LogP contribution in [0.25, 0.3) is 0 Å². The second-order valence-electron chi connectivity index (χ2n) is 3.78. The Morgan fingerprint density at radius 1 is 1.39 bits per heavy atom. The lowest BCUT2D eigenvalue weighted by atomic mass is 10.1. The largest absolute Gasteiger partial charge is 0.480 e. The van der Waals surface area contributed by atoms with E-state index >= 15 is 0 Å². The Hall–Kier alpha value is -1.59. The van der Waals surface area contributed by atoms with E-state index in [1.807, 2.05) is 0 Å². The van der Waals surface area contributed by atoms with Crippen molar-refractivity contribution >= 4 is 23.5 Å². The molecule has 0 aliphatic heterocycles. The van der Waals surface area contributed by atoms with Gasteiger partial charge in [-0.3, -0.25) is 4.79 Å². The highest BCUT2D eigenvalue weighted by atomic mass is 35.5. The number of carbonyl (C=O) groups is 2. The van der Waals surface area contributed by atoms with Gasteiger partial charge >= 0.3 is 5.97 Å². The standard InChI is InChI=1S/C12H14ClNO4/c13-9-3-1-2-8(6-9)7-11(16)14-10(4-5-15)12(17)18/h1-3,6,10,15H,4-5,7H2,(H,14,16)(H,17,18)/t10-/m0/s1. The van der Waals surface area contributed by atoms with Gasteiger partial charge in [0.2, 0.25) is 5.91 Å². The van der Waals surface area contributed by atoms with Crippen molar-refractivity contribution in [3.63, 3.8) is 0 Å². The predicted octanol–water partition coefficient (Wildman–Crippen LogP) is 0.834. The van der Waals surface area contributed by atoms with Gasteiger partial charge in [-0.05, 0) is 17.7 Å². The molecule has 1 amide bonds. The molecule has 98 valence electrons. The van der Waals surface area contributed by atoms with Crippen LogP contribution < -0.4 is 5.32 Å². The van der Waals surface area contributed by atoms with Crippen LogP contribution in [0, 0.1) is 0 Å². The molecule has 5 nitrogen and oxygen atoms in total. The minimum absolute atomic E-state index is 0.0172. The van der Waals surface area contributed by atoms with Gasteiger partial charge in [-0.1, -0.05) is 23.7 Å². The van der Waals surface area contributed by atoms with Crippen molar-refractivity contribution in [2.24, 2.45) is 0 Å². The molecule has 0 heterocycles. The molecule has 0 bridgehead atoms. The van der Waals surface area contributed by atoms with Crippen molar-refractivity contribution in [1.82, 2.24) is 5.32 Å². The first kappa shape index (κ1) is 14.5. The van der Waals surface area contributed by atoms with Crippen LogP contribution in [0.15, 0.2) is 24.3 Å². The molecule has 1 rings (SSSR count). The van der Waals surface area contributed by atoms with Crippen molar-refractivity contribution < 1.29 is 19.8 Å². The number of carboxylic acids is 1. The molecule has 0 aliphatic carbocycles. The summed E-state index contributed by atoms with van der Waals surface area (Å²) in [7, 11) is 0. The second kappa shape index (κ2) is 6.98. The van der Waals surface area contributed by atoms with Crippen molar-refractivity contribution in [2.45, 2.75) is 18.9 Å². The zero-order valence-electron chi connectivity index (χ0n) is 9.60. The van der Waals surface area contributed by atoms with Gasteiger partial charge < -0.3 is 15.5 Å². The Kier molecular flexibility index (Phi) is 5.61. The number of benzene rings is 1. The third kappa shape index (κ3) is 4.73. The molecule has 0 radical (unpaired) electrons. The van der Waals surface area contributed by atoms with Crippen LogP contribution in [0.4, 0.5) is 0 Å². The van der Waals surface area contributed by atoms with Gasteiger partial charge in [0.15, 0.2) is 0 Å². The van der Waals surface area contributed by atoms with Crippen LogP contribution in [0.1, 0.15) is 12.0 Å². The van der Waals surface area contributed by atoms with Crippen molar-refractivity contribution in [3.05, 3.63) is 34.9 Å². The van der Waals surface area contributed by atoms with Crippen molar-refractivity contribution in [3.8, 4) is 0 Å². The Bertz CT molecular complexity index is 436. The van der Waals surface area contributed by atoms with Crippen LogP contribution in [0.3, 0.4) is 0 Å². The number of amides is 1. The van der Waals surface area contributed by atoms with Gasteiger partial charge in [0, 0.05) is 18.1 Å². The Balaban J connectivity index is 2.57. The molecule has 18 heavy (non-hydrogen) atoms. The Morgan fingerprint density at radius 2 is 2.11 bits per heavy atom. The Labute approximate surface area is 109 Å². The lowest BCUT2D eigenvalue weighted by Crippen LogP contribution is -2.42. The molecule has 1 aromatic rings. The fourth-order valence-electron chi connectivity index (χ4n) is 1.46. The maximum absolute atomic E-state index is 11.6. The molecule has 0 spiro atoms. The lowest BCUT2D eigenvalue weighted by Gasteiger charge is -2.13. The number of aliphatic hydroxyl groups excluding tert-OH is 1. The zero-order valence-corrected chi connectivity index (χ0v) is 10.4. The van der Waals surface area contributed by atoms with Crippen molar-refractivity contribution in [2.75, 3.05) is 6.61 Å². The summed E-state index contributed by atoms with van der Waals surface area (Å²) in [5.74, 6) is -1.58. The van der Waals surface area contributed by atoms with Gasteiger partial charge in [-0.15, -0.1) is 0 Å². The molecule has 0 saturated carbocycles. The van der Waals surface area contributed by atoms with Gasteiger partial charge in [-0.2, -0.15) is 0 Å². The molecule has 0 saturated heterocycles. The van der Waals surface area contributed by atoms with Gasteiger partial charge in [0.05, 0.1) is 6.42 Å². The summed E-state index contributed by atoms with van der Waals surface area (Å²) < 4.78 is 0. The van der Waals surface area contributed by atoms with Gasteiger partial charge in [-0.25, -0.2) is 4.79 Å². The average Bonchev–Trinajstić information content (AvgIpc) is 2.28. The molecular weight excluding hydrogens is 258 g/mol. The topological polar surface area (TPSA) is 86.6 Å². The highest BCUT2D eigenvalue weighted by Gasteiger charge is 2.19. The maximum atomic E-state index is 11.6. The van der Waals surface area contributed by atoms with E-state index in [0.29, 0.717) is 10.6 Å². The smallest absolute Gasteiger partial charge is 0.326 e.